The summed E-state index contributed by atoms with van der Waals surface area (Å²) in [6.45, 7) is 1.77. The Hall–Kier alpha value is -2.96. The Balaban J connectivity index is 2.26. The maximum Gasteiger partial charge on any atom is 0.272 e. The number of carbonyl (C=O) groups excluding carboxylic acids is 1. The Morgan fingerprint density at radius 1 is 1.29 bits per heavy atom. The second kappa shape index (κ2) is 5.58. The third-order valence-corrected chi connectivity index (χ3v) is 2.81. The van der Waals surface area contributed by atoms with Gasteiger partial charge in [0, 0.05) is 6.07 Å². The Bertz CT molecular complexity index is 731. The maximum atomic E-state index is 13.7. The number of benzene rings is 2. The zero-order valence-corrected chi connectivity index (χ0v) is 11.0. The Morgan fingerprint density at radius 2 is 2.00 bits per heavy atom. The van der Waals surface area contributed by atoms with E-state index in [-0.39, 0.29) is 17.0 Å². The van der Waals surface area contributed by atoms with Crippen LogP contribution in [0.25, 0.3) is 0 Å². The highest BCUT2D eigenvalue weighted by atomic mass is 19.1. The molecule has 108 valence electrons. The molecule has 0 aliphatic carbocycles. The number of rotatable bonds is 3. The lowest BCUT2D eigenvalue weighted by molar-refractivity contribution is -0.385. The van der Waals surface area contributed by atoms with Crippen LogP contribution in [0.2, 0.25) is 0 Å². The number of nitro groups is 1. The van der Waals surface area contributed by atoms with Crippen molar-refractivity contribution in [3.05, 3.63) is 63.5 Å². The molecular formula is C14H11FN2O4. The van der Waals surface area contributed by atoms with E-state index in [1.807, 2.05) is 0 Å². The number of aryl methyl sites for hydroxylation is 1. The van der Waals surface area contributed by atoms with E-state index in [2.05, 4.69) is 5.32 Å². The van der Waals surface area contributed by atoms with Crippen molar-refractivity contribution in [3.8, 4) is 5.75 Å². The van der Waals surface area contributed by atoms with E-state index in [9.17, 15) is 24.4 Å². The van der Waals surface area contributed by atoms with Crippen LogP contribution < -0.4 is 5.32 Å². The lowest BCUT2D eigenvalue weighted by atomic mass is 10.1. The number of aromatic hydroxyl groups is 1. The van der Waals surface area contributed by atoms with Gasteiger partial charge in [-0.25, -0.2) is 4.39 Å². The van der Waals surface area contributed by atoms with E-state index in [1.54, 1.807) is 13.0 Å². The second-order valence-corrected chi connectivity index (χ2v) is 4.40. The smallest absolute Gasteiger partial charge is 0.272 e. The molecule has 6 nitrogen and oxygen atoms in total. The van der Waals surface area contributed by atoms with Crippen LogP contribution in [0.4, 0.5) is 15.8 Å². The van der Waals surface area contributed by atoms with Gasteiger partial charge in [-0.2, -0.15) is 0 Å². The van der Waals surface area contributed by atoms with Gasteiger partial charge in [0.15, 0.2) is 0 Å². The maximum absolute atomic E-state index is 13.7. The average molecular weight is 290 g/mol. The molecule has 7 heteroatoms. The number of nitrogens with one attached hydrogen (secondary N) is 1. The lowest BCUT2D eigenvalue weighted by Gasteiger charge is -2.08. The standard InChI is InChI=1S/C14H11FN2O4/c1-8-2-5-12(13(18)6-8)16-14(19)10-4-3-9(17(20)21)7-11(10)15/h2-7,18H,1H3,(H,16,19). The number of non-ortho nitro benzene ring substituents is 1. The summed E-state index contributed by atoms with van der Waals surface area (Å²) in [5.74, 6) is -1.96. The van der Waals surface area contributed by atoms with Gasteiger partial charge in [-0.15, -0.1) is 0 Å². The van der Waals surface area contributed by atoms with E-state index in [1.165, 1.54) is 12.1 Å². The molecule has 0 aromatic heterocycles. The number of nitrogens with zero attached hydrogens (tertiary/aromatic N) is 1. The highest BCUT2D eigenvalue weighted by molar-refractivity contribution is 6.05. The lowest BCUT2D eigenvalue weighted by Crippen LogP contribution is -2.14. The van der Waals surface area contributed by atoms with Gasteiger partial charge in [0.05, 0.1) is 22.2 Å². The molecule has 2 aromatic rings. The van der Waals surface area contributed by atoms with Crippen molar-refractivity contribution in [2.45, 2.75) is 6.92 Å². The van der Waals surface area contributed by atoms with Crippen molar-refractivity contribution >= 4 is 17.3 Å². The first-order valence-electron chi connectivity index (χ1n) is 5.93. The number of hydrogen-bond acceptors (Lipinski definition) is 4. The molecule has 0 saturated carbocycles. The number of anilines is 1. The molecule has 0 aliphatic rings. The zero-order chi connectivity index (χ0) is 15.6. The van der Waals surface area contributed by atoms with Crippen LogP contribution in [0.3, 0.4) is 0 Å². The molecule has 21 heavy (non-hydrogen) atoms. The number of phenolic OH excluding ortho intramolecular Hbond substituents is 1. The summed E-state index contributed by atoms with van der Waals surface area (Å²) in [6, 6.07) is 7.32. The molecule has 0 spiro atoms. The summed E-state index contributed by atoms with van der Waals surface area (Å²) in [4.78, 5) is 21.7. The van der Waals surface area contributed by atoms with E-state index in [4.69, 9.17) is 0 Å². The summed E-state index contributed by atoms with van der Waals surface area (Å²) in [7, 11) is 0. The zero-order valence-electron chi connectivity index (χ0n) is 11.0. The highest BCUT2D eigenvalue weighted by Crippen LogP contribution is 2.25. The van der Waals surface area contributed by atoms with Crippen LogP contribution in [0.5, 0.6) is 5.75 Å². The molecule has 0 saturated heterocycles. The minimum Gasteiger partial charge on any atom is -0.506 e. The number of nitro benzene ring substituents is 1. The molecule has 1 amide bonds. The van der Waals surface area contributed by atoms with Gasteiger partial charge in [0.25, 0.3) is 11.6 Å². The van der Waals surface area contributed by atoms with Crippen molar-refractivity contribution in [1.29, 1.82) is 0 Å². The highest BCUT2D eigenvalue weighted by Gasteiger charge is 2.17. The molecule has 0 fully saturated rings. The van der Waals surface area contributed by atoms with Crippen LogP contribution in [0.15, 0.2) is 36.4 Å². The monoisotopic (exact) mass is 290 g/mol. The molecule has 0 radical (unpaired) electrons. The van der Waals surface area contributed by atoms with E-state index >= 15 is 0 Å². The van der Waals surface area contributed by atoms with Crippen molar-refractivity contribution in [3.63, 3.8) is 0 Å². The first-order chi connectivity index (χ1) is 9.88. The minimum absolute atomic E-state index is 0.128. The predicted octanol–water partition coefficient (Wildman–Crippen LogP) is 3.00. The van der Waals surface area contributed by atoms with Crippen LogP contribution in [0.1, 0.15) is 15.9 Å². The third kappa shape index (κ3) is 3.14. The molecule has 2 aromatic carbocycles. The number of amides is 1. The van der Waals surface area contributed by atoms with Crippen molar-refractivity contribution < 1.29 is 19.2 Å². The molecule has 0 aliphatic heterocycles. The van der Waals surface area contributed by atoms with Gasteiger partial charge < -0.3 is 10.4 Å². The second-order valence-electron chi connectivity index (χ2n) is 4.40. The van der Waals surface area contributed by atoms with Gasteiger partial charge in [0.1, 0.15) is 11.6 Å². The molecular weight excluding hydrogens is 279 g/mol. The van der Waals surface area contributed by atoms with Gasteiger partial charge in [0.2, 0.25) is 0 Å². The third-order valence-electron chi connectivity index (χ3n) is 2.81. The topological polar surface area (TPSA) is 92.5 Å². The summed E-state index contributed by atoms with van der Waals surface area (Å²) in [5.41, 5.74) is 0.137. The summed E-state index contributed by atoms with van der Waals surface area (Å²) < 4.78 is 13.7. The average Bonchev–Trinajstić information content (AvgIpc) is 2.41. The van der Waals surface area contributed by atoms with Crippen LogP contribution in [-0.4, -0.2) is 15.9 Å². The van der Waals surface area contributed by atoms with Crippen LogP contribution in [0, 0.1) is 22.9 Å². The molecule has 0 bridgehead atoms. The summed E-state index contributed by atoms with van der Waals surface area (Å²) in [6.07, 6.45) is 0. The molecule has 2 rings (SSSR count). The first-order valence-corrected chi connectivity index (χ1v) is 5.93. The normalized spacial score (nSPS) is 10.2. The number of hydrogen-bond donors (Lipinski definition) is 2. The Labute approximate surface area is 119 Å². The minimum atomic E-state index is -1.01. The first kappa shape index (κ1) is 14.4. The van der Waals surface area contributed by atoms with Gasteiger partial charge in [-0.3, -0.25) is 14.9 Å². The fourth-order valence-electron chi connectivity index (χ4n) is 1.74. The number of halogens is 1. The molecule has 0 unspecified atom stereocenters. The quantitative estimate of drug-likeness (QED) is 0.516. The van der Waals surface area contributed by atoms with Gasteiger partial charge in [-0.1, -0.05) is 6.07 Å². The van der Waals surface area contributed by atoms with Crippen molar-refractivity contribution in [1.82, 2.24) is 0 Å². The van der Waals surface area contributed by atoms with E-state index < -0.39 is 22.3 Å². The van der Waals surface area contributed by atoms with Gasteiger partial charge >= 0.3 is 0 Å². The molecule has 0 heterocycles. The fraction of sp³-hybridized carbons (Fsp3) is 0.0714. The van der Waals surface area contributed by atoms with Gasteiger partial charge in [-0.05, 0) is 30.7 Å². The largest absolute Gasteiger partial charge is 0.506 e. The van der Waals surface area contributed by atoms with Crippen molar-refractivity contribution in [2.75, 3.05) is 5.32 Å². The fourth-order valence-corrected chi connectivity index (χ4v) is 1.74. The van der Waals surface area contributed by atoms with Crippen LogP contribution in [-0.2, 0) is 0 Å². The number of carbonyl (C=O) groups is 1. The molecule has 2 N–H and O–H groups in total. The number of phenols is 1. The Kier molecular flexibility index (Phi) is 3.84. The van der Waals surface area contributed by atoms with Crippen LogP contribution >= 0.6 is 0 Å². The van der Waals surface area contributed by atoms with E-state index in [0.29, 0.717) is 6.07 Å². The summed E-state index contributed by atoms with van der Waals surface area (Å²) >= 11 is 0. The Morgan fingerprint density at radius 3 is 2.57 bits per heavy atom. The molecule has 0 atom stereocenters. The SMILES string of the molecule is Cc1ccc(NC(=O)c2ccc([N+](=O)[O-])cc2F)c(O)c1. The van der Waals surface area contributed by atoms with Crippen molar-refractivity contribution in [2.24, 2.45) is 0 Å². The van der Waals surface area contributed by atoms with E-state index in [0.717, 1.165) is 17.7 Å². The predicted molar refractivity (Wildman–Crippen MR) is 73.9 cm³/mol. The summed E-state index contributed by atoms with van der Waals surface area (Å²) in [5, 5.41) is 22.5.